The molecule has 102 valence electrons. The van der Waals surface area contributed by atoms with Crippen molar-refractivity contribution in [1.29, 1.82) is 0 Å². The van der Waals surface area contributed by atoms with Crippen LogP contribution < -0.4 is 5.32 Å². The summed E-state index contributed by atoms with van der Waals surface area (Å²) < 4.78 is 0. The van der Waals surface area contributed by atoms with Crippen LogP contribution in [0.15, 0.2) is 36.5 Å². The molecule has 0 aliphatic rings. The molecule has 1 heterocycles. The molecule has 0 bridgehead atoms. The summed E-state index contributed by atoms with van der Waals surface area (Å²) in [5, 5.41) is 10.8. The van der Waals surface area contributed by atoms with Gasteiger partial charge in [-0.3, -0.25) is 5.10 Å². The number of benzene rings is 1. The Balaban J connectivity index is 2.01. The molecule has 4 heteroatoms. The van der Waals surface area contributed by atoms with Gasteiger partial charge in [-0.1, -0.05) is 30.3 Å². The lowest BCUT2D eigenvalue weighted by atomic mass is 10.1. The molecule has 0 saturated carbocycles. The Labute approximate surface area is 114 Å². The second-order valence-corrected chi connectivity index (χ2v) is 5.18. The molecule has 1 aromatic carbocycles. The molecule has 1 aromatic heterocycles. The molecule has 1 unspecified atom stereocenters. The van der Waals surface area contributed by atoms with Crippen LogP contribution in [0.1, 0.15) is 12.5 Å². The van der Waals surface area contributed by atoms with Gasteiger partial charge in [0.15, 0.2) is 0 Å². The van der Waals surface area contributed by atoms with Gasteiger partial charge in [0.1, 0.15) is 0 Å². The molecule has 0 amide bonds. The lowest BCUT2D eigenvalue weighted by Gasteiger charge is -2.18. The third kappa shape index (κ3) is 3.91. The molecule has 0 spiro atoms. The number of aromatic nitrogens is 2. The molecule has 0 aliphatic carbocycles. The summed E-state index contributed by atoms with van der Waals surface area (Å²) >= 11 is 0. The summed E-state index contributed by atoms with van der Waals surface area (Å²) in [6.07, 6.45) is 1.90. The number of H-pyrrole nitrogens is 1. The minimum atomic E-state index is 0.452. The predicted molar refractivity (Wildman–Crippen MR) is 78.9 cm³/mol. The Morgan fingerprint density at radius 3 is 2.68 bits per heavy atom. The highest BCUT2D eigenvalue weighted by molar-refractivity contribution is 5.62. The monoisotopic (exact) mass is 258 g/mol. The van der Waals surface area contributed by atoms with E-state index in [0.29, 0.717) is 6.04 Å². The van der Waals surface area contributed by atoms with Crippen LogP contribution in [0.5, 0.6) is 0 Å². The first kappa shape index (κ1) is 13.8. The van der Waals surface area contributed by atoms with Crippen LogP contribution in [0.2, 0.25) is 0 Å². The van der Waals surface area contributed by atoms with Crippen LogP contribution in [0.4, 0.5) is 0 Å². The summed E-state index contributed by atoms with van der Waals surface area (Å²) in [6, 6.07) is 10.8. The van der Waals surface area contributed by atoms with E-state index in [0.717, 1.165) is 18.8 Å². The molecule has 0 saturated heterocycles. The highest BCUT2D eigenvalue weighted by atomic mass is 15.1. The Hall–Kier alpha value is -1.65. The SMILES string of the molecule is CC(CN(C)C)NCc1cn[nH]c1-c1ccccc1. The molecule has 2 N–H and O–H groups in total. The number of nitrogens with one attached hydrogen (secondary N) is 2. The van der Waals surface area contributed by atoms with Crippen molar-refractivity contribution < 1.29 is 0 Å². The first-order chi connectivity index (χ1) is 9.16. The minimum Gasteiger partial charge on any atom is -0.309 e. The maximum Gasteiger partial charge on any atom is 0.0695 e. The van der Waals surface area contributed by atoms with Crippen molar-refractivity contribution in [3.05, 3.63) is 42.1 Å². The third-order valence-electron chi connectivity index (χ3n) is 3.06. The van der Waals surface area contributed by atoms with Crippen molar-refractivity contribution in [2.45, 2.75) is 19.5 Å². The van der Waals surface area contributed by atoms with E-state index < -0.39 is 0 Å². The highest BCUT2D eigenvalue weighted by Crippen LogP contribution is 2.20. The van der Waals surface area contributed by atoms with E-state index in [1.54, 1.807) is 0 Å². The van der Waals surface area contributed by atoms with Crippen LogP contribution in [0, 0.1) is 0 Å². The average Bonchev–Trinajstić information content (AvgIpc) is 2.85. The molecule has 2 aromatic rings. The van der Waals surface area contributed by atoms with Crippen LogP contribution >= 0.6 is 0 Å². The van der Waals surface area contributed by atoms with Gasteiger partial charge in [-0.15, -0.1) is 0 Å². The summed E-state index contributed by atoms with van der Waals surface area (Å²) in [5.74, 6) is 0. The fourth-order valence-electron chi connectivity index (χ4n) is 2.20. The first-order valence-corrected chi connectivity index (χ1v) is 6.62. The average molecular weight is 258 g/mol. The van der Waals surface area contributed by atoms with Gasteiger partial charge < -0.3 is 10.2 Å². The highest BCUT2D eigenvalue weighted by Gasteiger charge is 2.09. The summed E-state index contributed by atoms with van der Waals surface area (Å²) in [7, 11) is 4.18. The second-order valence-electron chi connectivity index (χ2n) is 5.18. The van der Waals surface area contributed by atoms with Gasteiger partial charge in [0, 0.05) is 24.7 Å². The number of hydrogen-bond donors (Lipinski definition) is 2. The number of likely N-dealkylation sites (N-methyl/N-ethyl adjacent to an activating group) is 1. The number of nitrogens with zero attached hydrogens (tertiary/aromatic N) is 2. The zero-order valence-corrected chi connectivity index (χ0v) is 11.9. The first-order valence-electron chi connectivity index (χ1n) is 6.62. The van der Waals surface area contributed by atoms with Gasteiger partial charge >= 0.3 is 0 Å². The maximum atomic E-state index is 4.16. The zero-order chi connectivity index (χ0) is 13.7. The van der Waals surface area contributed by atoms with Crippen molar-refractivity contribution in [2.24, 2.45) is 0 Å². The lowest BCUT2D eigenvalue weighted by Crippen LogP contribution is -2.35. The maximum absolute atomic E-state index is 4.16. The van der Waals surface area contributed by atoms with Crippen LogP contribution in [-0.2, 0) is 6.54 Å². The molecular weight excluding hydrogens is 236 g/mol. The Morgan fingerprint density at radius 2 is 2.00 bits per heavy atom. The van der Waals surface area contributed by atoms with Crippen LogP contribution in [0.25, 0.3) is 11.3 Å². The van der Waals surface area contributed by atoms with Gasteiger partial charge in [-0.2, -0.15) is 5.10 Å². The molecule has 4 nitrogen and oxygen atoms in total. The van der Waals surface area contributed by atoms with Gasteiger partial charge in [0.2, 0.25) is 0 Å². The van der Waals surface area contributed by atoms with Crippen LogP contribution in [-0.4, -0.2) is 41.8 Å². The Bertz CT molecular complexity index is 490. The predicted octanol–water partition coefficient (Wildman–Crippen LogP) is 2.12. The number of aromatic amines is 1. The van der Waals surface area contributed by atoms with Crippen molar-refractivity contribution in [2.75, 3.05) is 20.6 Å². The van der Waals surface area contributed by atoms with Crippen molar-refractivity contribution in [3.8, 4) is 11.3 Å². The fourth-order valence-corrected chi connectivity index (χ4v) is 2.20. The molecular formula is C15H22N4. The standard InChI is InChI=1S/C15H22N4/c1-12(11-19(2)3)16-9-14-10-17-18-15(14)13-7-5-4-6-8-13/h4-8,10,12,16H,9,11H2,1-3H3,(H,17,18). The molecule has 0 fully saturated rings. The summed E-state index contributed by atoms with van der Waals surface area (Å²) in [4.78, 5) is 2.19. The Morgan fingerprint density at radius 1 is 1.26 bits per heavy atom. The summed E-state index contributed by atoms with van der Waals surface area (Å²) in [5.41, 5.74) is 3.49. The minimum absolute atomic E-state index is 0.452. The second kappa shape index (κ2) is 6.50. The zero-order valence-electron chi connectivity index (χ0n) is 11.9. The molecule has 19 heavy (non-hydrogen) atoms. The molecule has 2 rings (SSSR count). The van der Waals surface area contributed by atoms with E-state index in [1.807, 2.05) is 24.4 Å². The van der Waals surface area contributed by atoms with Crippen molar-refractivity contribution in [1.82, 2.24) is 20.4 Å². The topological polar surface area (TPSA) is 44.0 Å². The fraction of sp³-hybridized carbons (Fsp3) is 0.400. The van der Waals surface area contributed by atoms with E-state index in [2.05, 4.69) is 53.6 Å². The van der Waals surface area contributed by atoms with E-state index >= 15 is 0 Å². The third-order valence-corrected chi connectivity index (χ3v) is 3.06. The smallest absolute Gasteiger partial charge is 0.0695 e. The van der Waals surface area contributed by atoms with Gasteiger partial charge in [-0.25, -0.2) is 0 Å². The van der Waals surface area contributed by atoms with E-state index in [1.165, 1.54) is 11.1 Å². The van der Waals surface area contributed by atoms with Gasteiger partial charge in [0.25, 0.3) is 0 Å². The van der Waals surface area contributed by atoms with Crippen molar-refractivity contribution in [3.63, 3.8) is 0 Å². The molecule has 0 aliphatic heterocycles. The Kier molecular flexibility index (Phi) is 4.71. The number of rotatable bonds is 6. The number of hydrogen-bond acceptors (Lipinski definition) is 3. The van der Waals surface area contributed by atoms with Crippen molar-refractivity contribution >= 4 is 0 Å². The molecule has 0 radical (unpaired) electrons. The normalized spacial score (nSPS) is 12.8. The largest absolute Gasteiger partial charge is 0.309 e. The van der Waals surface area contributed by atoms with Crippen LogP contribution in [0.3, 0.4) is 0 Å². The van der Waals surface area contributed by atoms with Gasteiger partial charge in [0.05, 0.1) is 11.9 Å². The van der Waals surface area contributed by atoms with Gasteiger partial charge in [-0.05, 0) is 26.6 Å². The van der Waals surface area contributed by atoms with E-state index in [-0.39, 0.29) is 0 Å². The quantitative estimate of drug-likeness (QED) is 0.834. The lowest BCUT2D eigenvalue weighted by molar-refractivity contribution is 0.349. The molecule has 1 atom stereocenters. The van der Waals surface area contributed by atoms with E-state index in [9.17, 15) is 0 Å². The summed E-state index contributed by atoms with van der Waals surface area (Å²) in [6.45, 7) is 4.05. The van der Waals surface area contributed by atoms with E-state index in [4.69, 9.17) is 0 Å².